The van der Waals surface area contributed by atoms with E-state index in [9.17, 15) is 9.46 Å². The molecule has 0 aliphatic rings. The maximum absolute atomic E-state index is 11.9. The van der Waals surface area contributed by atoms with Crippen molar-refractivity contribution in [1.82, 2.24) is 0 Å². The van der Waals surface area contributed by atoms with Crippen molar-refractivity contribution in [3.05, 3.63) is 60.7 Å². The van der Waals surface area contributed by atoms with Crippen LogP contribution in [0.3, 0.4) is 0 Å². The smallest absolute Gasteiger partial charge is 0.408 e. The highest BCUT2D eigenvalue weighted by Crippen LogP contribution is 2.41. The second-order valence-corrected chi connectivity index (χ2v) is 5.00. The molecule has 0 spiro atoms. The minimum atomic E-state index is -3.77. The molecule has 5 heteroatoms. The van der Waals surface area contributed by atoms with Crippen molar-refractivity contribution in [2.75, 3.05) is 0 Å². The Balaban J connectivity index is 0.00000144. The zero-order chi connectivity index (χ0) is 11.4. The molecule has 2 aromatic rings. The number of hydrogen-bond acceptors (Lipinski definition) is 2. The molecule has 0 heterocycles. The van der Waals surface area contributed by atoms with Gasteiger partial charge in [0.25, 0.3) is 0 Å². The van der Waals surface area contributed by atoms with Crippen molar-refractivity contribution in [2.45, 2.75) is 0 Å². The van der Waals surface area contributed by atoms with Gasteiger partial charge in [0.05, 0.1) is 5.30 Å². The summed E-state index contributed by atoms with van der Waals surface area (Å²) in [6, 6.07) is 16.9. The van der Waals surface area contributed by atoms with Gasteiger partial charge in [0.2, 0.25) is 0 Å². The van der Waals surface area contributed by atoms with Crippen molar-refractivity contribution >= 4 is 30.3 Å². The van der Waals surface area contributed by atoms with Crippen LogP contribution in [0.2, 0.25) is 0 Å². The predicted molar refractivity (Wildman–Crippen MR) is 72.9 cm³/mol. The van der Waals surface area contributed by atoms with E-state index in [1.165, 1.54) is 0 Å². The zero-order valence-corrected chi connectivity index (χ0v) is 9.38. The third kappa shape index (κ3) is 3.73. The van der Waals surface area contributed by atoms with E-state index in [0.29, 0.717) is 11.1 Å². The van der Waals surface area contributed by atoms with E-state index >= 15 is 0 Å². The number of para-hydroxylation sites is 1. The van der Waals surface area contributed by atoms with Crippen molar-refractivity contribution < 1.29 is 14.0 Å². The average molecular weight is 264 g/mol. The summed E-state index contributed by atoms with van der Waals surface area (Å²) in [5.41, 5.74) is 0. The Labute approximate surface area is 111 Å². The Hall–Kier alpha value is -1.04. The standard InChI is InChI=1S/C12H11O3P.Al.3H/c13-16(14,12-9-5-2-6-10-12)15-11-7-3-1-4-8-11;;;;/h1-10H,(H,13,14);;;;. The molecule has 0 aliphatic heterocycles. The molecular formula is C12H14AlO3P. The molecule has 2 aromatic carbocycles. The van der Waals surface area contributed by atoms with Crippen LogP contribution in [0.1, 0.15) is 0 Å². The van der Waals surface area contributed by atoms with Gasteiger partial charge in [-0.05, 0) is 24.3 Å². The van der Waals surface area contributed by atoms with Gasteiger partial charge in [-0.25, -0.2) is 4.57 Å². The minimum absolute atomic E-state index is 0. The van der Waals surface area contributed by atoms with E-state index in [1.807, 2.05) is 6.07 Å². The van der Waals surface area contributed by atoms with E-state index in [4.69, 9.17) is 4.52 Å². The molecule has 0 bridgehead atoms. The third-order valence-corrected chi connectivity index (χ3v) is 3.46. The van der Waals surface area contributed by atoms with E-state index in [2.05, 4.69) is 0 Å². The second kappa shape index (κ2) is 6.05. The number of rotatable bonds is 3. The topological polar surface area (TPSA) is 46.5 Å². The van der Waals surface area contributed by atoms with E-state index in [-0.39, 0.29) is 17.4 Å². The molecule has 3 nitrogen and oxygen atoms in total. The van der Waals surface area contributed by atoms with Gasteiger partial charge < -0.3 is 9.42 Å². The monoisotopic (exact) mass is 264 g/mol. The summed E-state index contributed by atoms with van der Waals surface area (Å²) in [5, 5.41) is 0.291. The lowest BCUT2D eigenvalue weighted by molar-refractivity contribution is 0.393. The normalized spacial score (nSPS) is 13.2. The Morgan fingerprint density at radius 3 is 1.88 bits per heavy atom. The fraction of sp³-hybridized carbons (Fsp3) is 0. The van der Waals surface area contributed by atoms with Crippen molar-refractivity contribution in [2.24, 2.45) is 0 Å². The van der Waals surface area contributed by atoms with E-state index in [0.717, 1.165) is 0 Å². The molecule has 88 valence electrons. The lowest BCUT2D eigenvalue weighted by atomic mass is 10.3. The lowest BCUT2D eigenvalue weighted by Crippen LogP contribution is -2.08. The van der Waals surface area contributed by atoms with Crippen molar-refractivity contribution in [3.63, 3.8) is 0 Å². The molecule has 1 atom stereocenters. The van der Waals surface area contributed by atoms with E-state index < -0.39 is 7.60 Å². The summed E-state index contributed by atoms with van der Waals surface area (Å²) in [7, 11) is -3.77. The van der Waals surface area contributed by atoms with Crippen LogP contribution < -0.4 is 9.83 Å². The first-order valence-corrected chi connectivity index (χ1v) is 6.39. The summed E-state index contributed by atoms with van der Waals surface area (Å²) in [5.74, 6) is 0.386. The van der Waals surface area contributed by atoms with Crippen LogP contribution in [0.4, 0.5) is 0 Å². The Bertz CT molecular complexity index is 502. The SMILES string of the molecule is O=P(O)(Oc1ccccc1)c1ccccc1.[AlH3]. The molecule has 0 fully saturated rings. The first-order valence-electron chi connectivity index (χ1n) is 4.81. The van der Waals surface area contributed by atoms with Gasteiger partial charge in [0.1, 0.15) is 5.75 Å². The Kier molecular flexibility index (Phi) is 4.99. The third-order valence-electron chi connectivity index (χ3n) is 2.05. The van der Waals surface area contributed by atoms with Gasteiger partial charge in [0.15, 0.2) is 17.4 Å². The molecule has 0 amide bonds. The first kappa shape index (κ1) is 14.0. The maximum atomic E-state index is 11.9. The molecule has 1 N–H and O–H groups in total. The molecule has 1 unspecified atom stereocenters. The van der Waals surface area contributed by atoms with Gasteiger partial charge in [-0.15, -0.1) is 0 Å². The molecule has 17 heavy (non-hydrogen) atoms. The van der Waals surface area contributed by atoms with Crippen molar-refractivity contribution in [3.8, 4) is 5.75 Å². The van der Waals surface area contributed by atoms with Crippen LogP contribution >= 0.6 is 7.60 Å². The quantitative estimate of drug-likeness (QED) is 0.673. The average Bonchev–Trinajstić information content (AvgIpc) is 2.31. The Morgan fingerprint density at radius 2 is 1.35 bits per heavy atom. The van der Waals surface area contributed by atoms with Gasteiger partial charge >= 0.3 is 7.60 Å². The minimum Gasteiger partial charge on any atom is -0.421 e. The molecule has 0 radical (unpaired) electrons. The van der Waals surface area contributed by atoms with Crippen LogP contribution in [0, 0.1) is 0 Å². The highest BCUT2D eigenvalue weighted by Gasteiger charge is 2.23. The first-order chi connectivity index (χ1) is 7.68. The predicted octanol–water partition coefficient (Wildman–Crippen LogP) is 1.39. The van der Waals surface area contributed by atoms with Gasteiger partial charge in [-0.2, -0.15) is 0 Å². The van der Waals surface area contributed by atoms with Gasteiger partial charge in [-0.1, -0.05) is 36.4 Å². The molecule has 2 rings (SSSR count). The van der Waals surface area contributed by atoms with Crippen LogP contribution in [-0.2, 0) is 4.57 Å². The summed E-state index contributed by atoms with van der Waals surface area (Å²) in [4.78, 5) is 9.77. The van der Waals surface area contributed by atoms with Crippen LogP contribution in [-0.4, -0.2) is 22.3 Å². The maximum Gasteiger partial charge on any atom is 0.408 e. The highest BCUT2D eigenvalue weighted by atomic mass is 31.2. The summed E-state index contributed by atoms with van der Waals surface area (Å²) in [6.07, 6.45) is 0. The summed E-state index contributed by atoms with van der Waals surface area (Å²) >= 11 is 0. The van der Waals surface area contributed by atoms with Crippen LogP contribution in [0.15, 0.2) is 60.7 Å². The molecule has 0 saturated heterocycles. The zero-order valence-electron chi connectivity index (χ0n) is 8.48. The number of benzene rings is 2. The molecule has 0 aromatic heterocycles. The summed E-state index contributed by atoms with van der Waals surface area (Å²) < 4.78 is 17.0. The molecular weight excluding hydrogens is 250 g/mol. The van der Waals surface area contributed by atoms with Gasteiger partial charge in [-0.3, -0.25) is 0 Å². The fourth-order valence-corrected chi connectivity index (χ4v) is 2.36. The Morgan fingerprint density at radius 1 is 0.882 bits per heavy atom. The number of hydrogen-bond donors (Lipinski definition) is 1. The van der Waals surface area contributed by atoms with Crippen LogP contribution in [0.5, 0.6) is 5.75 Å². The highest BCUT2D eigenvalue weighted by molar-refractivity contribution is 7.61. The molecule has 0 saturated carbocycles. The summed E-state index contributed by atoms with van der Waals surface area (Å²) in [6.45, 7) is 0. The molecule has 0 aliphatic carbocycles. The second-order valence-electron chi connectivity index (χ2n) is 3.26. The largest absolute Gasteiger partial charge is 0.421 e. The van der Waals surface area contributed by atoms with Crippen LogP contribution in [0.25, 0.3) is 0 Å². The van der Waals surface area contributed by atoms with Crippen molar-refractivity contribution in [1.29, 1.82) is 0 Å². The van der Waals surface area contributed by atoms with E-state index in [1.54, 1.807) is 54.6 Å². The lowest BCUT2D eigenvalue weighted by Gasteiger charge is -2.12. The fourth-order valence-electron chi connectivity index (χ4n) is 1.29. The van der Waals surface area contributed by atoms with Gasteiger partial charge in [0, 0.05) is 0 Å².